The molecule has 3 aromatic heterocycles. The van der Waals surface area contributed by atoms with E-state index in [9.17, 15) is 5.11 Å². The summed E-state index contributed by atoms with van der Waals surface area (Å²) in [5.74, 6) is 0.979. The van der Waals surface area contributed by atoms with Crippen LogP contribution in [0.5, 0.6) is 0 Å². The molecule has 3 aromatic rings. The van der Waals surface area contributed by atoms with E-state index in [1.54, 1.807) is 18.5 Å². The predicted octanol–water partition coefficient (Wildman–Crippen LogP) is 2.39. The lowest BCUT2D eigenvalue weighted by Crippen LogP contribution is -2.51. The summed E-state index contributed by atoms with van der Waals surface area (Å²) in [5, 5.41) is 15.5. The second-order valence-electron chi connectivity index (χ2n) is 8.32. The number of nitrogens with two attached hydrogens (primary N) is 2. The number of piperidine rings is 1. The first-order valence-electron chi connectivity index (χ1n) is 10.5. The van der Waals surface area contributed by atoms with Crippen LogP contribution < -0.4 is 16.4 Å². The number of aliphatic hydroxyl groups excluding tert-OH is 1. The highest BCUT2D eigenvalue weighted by Crippen LogP contribution is 2.47. The summed E-state index contributed by atoms with van der Waals surface area (Å²) in [6.45, 7) is 3.50. The van der Waals surface area contributed by atoms with Crippen LogP contribution in [-0.2, 0) is 12.0 Å². The van der Waals surface area contributed by atoms with Crippen molar-refractivity contribution in [2.45, 2.75) is 53.8 Å². The zero-order valence-electron chi connectivity index (χ0n) is 17.6. The van der Waals surface area contributed by atoms with Gasteiger partial charge >= 0.3 is 0 Å². The molecule has 9 nitrogen and oxygen atoms in total. The van der Waals surface area contributed by atoms with Gasteiger partial charge in [-0.3, -0.25) is 4.68 Å². The lowest BCUT2D eigenvalue weighted by Gasteiger charge is -2.42. The second-order valence-corrected chi connectivity index (χ2v) is 9.76. The summed E-state index contributed by atoms with van der Waals surface area (Å²) in [4.78, 5) is 16.2. The van der Waals surface area contributed by atoms with Crippen LogP contribution in [0.4, 0.5) is 11.6 Å². The number of anilines is 2. The van der Waals surface area contributed by atoms with E-state index < -0.39 is 0 Å². The molecular formula is C21H25ClN8OS. The van der Waals surface area contributed by atoms with E-state index in [2.05, 4.69) is 42.6 Å². The Kier molecular flexibility index (Phi) is 5.48. The van der Waals surface area contributed by atoms with Gasteiger partial charge in [0.15, 0.2) is 5.82 Å². The third-order valence-corrected chi connectivity index (χ3v) is 8.20. The number of nitrogen functional groups attached to an aromatic ring is 1. The molecule has 0 bridgehead atoms. The molecule has 0 radical (unpaired) electrons. The minimum Gasteiger partial charge on any atom is -0.390 e. The zero-order chi connectivity index (χ0) is 22.5. The van der Waals surface area contributed by atoms with Gasteiger partial charge in [0, 0.05) is 47.5 Å². The SMILES string of the molecule is C[C@H]1[C@@H](N)C2(CCN(c3ncc(Sc4ccnc(N)c4Cl)nc3CO)CC2)c2ccnn21. The number of hydrogen-bond donors (Lipinski definition) is 3. The molecule has 1 fully saturated rings. The first kappa shape index (κ1) is 21.4. The Bertz CT molecular complexity index is 1150. The molecule has 32 heavy (non-hydrogen) atoms. The molecule has 1 saturated heterocycles. The van der Waals surface area contributed by atoms with Crippen molar-refractivity contribution in [3.05, 3.63) is 47.1 Å². The lowest BCUT2D eigenvalue weighted by atomic mass is 9.71. The van der Waals surface area contributed by atoms with Crippen molar-refractivity contribution in [2.24, 2.45) is 5.73 Å². The Labute approximate surface area is 195 Å². The molecule has 11 heteroatoms. The van der Waals surface area contributed by atoms with Gasteiger partial charge in [0.05, 0.1) is 23.9 Å². The maximum atomic E-state index is 10.00. The number of fused-ring (bicyclic) bond motifs is 2. The standard InChI is InChI=1S/C21H25ClN8OS/c1-12-18(23)21(15-3-7-27-30(12)15)4-8-29(9-5-21)20-13(11-31)28-16(10-26-20)32-14-2-6-25-19(24)17(14)22/h2-3,6-7,10,12,18,31H,4-5,8-9,11,23H2,1H3,(H2,24,25)/t12-,18+/m0/s1. The van der Waals surface area contributed by atoms with Crippen molar-refractivity contribution >= 4 is 35.0 Å². The molecule has 0 aliphatic carbocycles. The number of rotatable bonds is 4. The Morgan fingerprint density at radius 2 is 2.03 bits per heavy atom. The van der Waals surface area contributed by atoms with E-state index in [0.717, 1.165) is 30.8 Å². The van der Waals surface area contributed by atoms with Gasteiger partial charge in [-0.2, -0.15) is 5.10 Å². The number of nitrogens with zero attached hydrogens (tertiary/aromatic N) is 6. The molecule has 168 valence electrons. The van der Waals surface area contributed by atoms with Crippen molar-refractivity contribution < 1.29 is 5.11 Å². The van der Waals surface area contributed by atoms with Crippen molar-refractivity contribution in [1.29, 1.82) is 0 Å². The van der Waals surface area contributed by atoms with Crippen molar-refractivity contribution in [3.8, 4) is 0 Å². The Balaban J connectivity index is 1.36. The fraction of sp³-hybridized carbons (Fsp3) is 0.429. The molecular weight excluding hydrogens is 448 g/mol. The first-order valence-corrected chi connectivity index (χ1v) is 11.7. The van der Waals surface area contributed by atoms with Crippen LogP contribution in [0.2, 0.25) is 5.02 Å². The highest BCUT2D eigenvalue weighted by Gasteiger charge is 2.51. The molecule has 5 heterocycles. The fourth-order valence-electron chi connectivity index (χ4n) is 4.98. The smallest absolute Gasteiger partial charge is 0.152 e. The summed E-state index contributed by atoms with van der Waals surface area (Å²) in [5.41, 5.74) is 14.1. The van der Waals surface area contributed by atoms with Gasteiger partial charge in [-0.05, 0) is 31.9 Å². The van der Waals surface area contributed by atoms with Crippen molar-refractivity contribution in [3.63, 3.8) is 0 Å². The van der Waals surface area contributed by atoms with Gasteiger partial charge in [-0.1, -0.05) is 23.4 Å². The average molecular weight is 473 g/mol. The highest BCUT2D eigenvalue weighted by molar-refractivity contribution is 7.99. The molecule has 5 N–H and O–H groups in total. The number of halogens is 1. The van der Waals surface area contributed by atoms with E-state index in [4.69, 9.17) is 23.1 Å². The van der Waals surface area contributed by atoms with Gasteiger partial charge in [-0.25, -0.2) is 15.0 Å². The van der Waals surface area contributed by atoms with Crippen molar-refractivity contribution in [2.75, 3.05) is 23.7 Å². The average Bonchev–Trinajstić information content (AvgIpc) is 3.37. The van der Waals surface area contributed by atoms with Crippen LogP contribution in [0, 0.1) is 0 Å². The third-order valence-electron chi connectivity index (χ3n) is 6.72. The van der Waals surface area contributed by atoms with E-state index in [0.29, 0.717) is 21.6 Å². The van der Waals surface area contributed by atoms with Crippen LogP contribution in [0.1, 0.15) is 37.2 Å². The normalized spacial score (nSPS) is 21.8. The van der Waals surface area contributed by atoms with Crippen LogP contribution in [0.25, 0.3) is 0 Å². The number of pyridine rings is 1. The Morgan fingerprint density at radius 1 is 1.25 bits per heavy atom. The van der Waals surface area contributed by atoms with Crippen LogP contribution in [0.15, 0.2) is 40.6 Å². The van der Waals surface area contributed by atoms with Crippen LogP contribution in [-0.4, -0.2) is 49.0 Å². The van der Waals surface area contributed by atoms with Gasteiger partial charge in [-0.15, -0.1) is 0 Å². The number of aliphatic hydroxyl groups is 1. The van der Waals surface area contributed by atoms with Gasteiger partial charge < -0.3 is 21.5 Å². The summed E-state index contributed by atoms with van der Waals surface area (Å²) >= 11 is 7.59. The van der Waals surface area contributed by atoms with Crippen molar-refractivity contribution in [1.82, 2.24) is 24.7 Å². The summed E-state index contributed by atoms with van der Waals surface area (Å²) < 4.78 is 2.07. The maximum absolute atomic E-state index is 10.00. The minimum absolute atomic E-state index is 0.0352. The third kappa shape index (κ3) is 3.33. The van der Waals surface area contributed by atoms with Gasteiger partial charge in [0.2, 0.25) is 0 Å². The monoisotopic (exact) mass is 472 g/mol. The molecule has 2 aliphatic rings. The minimum atomic E-state index is -0.200. The molecule has 5 rings (SSSR count). The summed E-state index contributed by atoms with van der Waals surface area (Å²) in [6.07, 6.45) is 6.97. The summed E-state index contributed by atoms with van der Waals surface area (Å²) in [7, 11) is 0. The molecule has 1 spiro atoms. The quantitative estimate of drug-likeness (QED) is 0.523. The van der Waals surface area contributed by atoms with E-state index >= 15 is 0 Å². The molecule has 2 atom stereocenters. The topological polar surface area (TPSA) is 132 Å². The van der Waals surface area contributed by atoms with Gasteiger partial charge in [0.25, 0.3) is 0 Å². The number of aromatic nitrogens is 5. The highest BCUT2D eigenvalue weighted by atomic mass is 35.5. The molecule has 0 amide bonds. The largest absolute Gasteiger partial charge is 0.390 e. The van der Waals surface area contributed by atoms with Gasteiger partial charge in [0.1, 0.15) is 16.5 Å². The Morgan fingerprint density at radius 3 is 2.78 bits per heavy atom. The molecule has 0 aromatic carbocycles. The molecule has 0 saturated carbocycles. The lowest BCUT2D eigenvalue weighted by molar-refractivity contribution is 0.265. The van der Waals surface area contributed by atoms with Crippen LogP contribution >= 0.6 is 23.4 Å². The van der Waals surface area contributed by atoms with E-state index in [-0.39, 0.29) is 29.9 Å². The fourth-order valence-corrected chi connectivity index (χ4v) is 6.02. The maximum Gasteiger partial charge on any atom is 0.152 e. The van der Waals surface area contributed by atoms with Crippen LogP contribution in [0.3, 0.4) is 0 Å². The molecule has 0 unspecified atom stereocenters. The second kappa shape index (κ2) is 8.18. The summed E-state index contributed by atoms with van der Waals surface area (Å²) in [6, 6.07) is 4.09. The first-order chi connectivity index (χ1) is 15.4. The number of hydrogen-bond acceptors (Lipinski definition) is 9. The molecule has 2 aliphatic heterocycles. The zero-order valence-corrected chi connectivity index (χ0v) is 19.2. The van der Waals surface area contributed by atoms with E-state index in [1.807, 2.05) is 6.20 Å². The predicted molar refractivity (Wildman–Crippen MR) is 124 cm³/mol. The van der Waals surface area contributed by atoms with E-state index in [1.165, 1.54) is 17.5 Å². The Hall–Kier alpha value is -2.40.